The van der Waals surface area contributed by atoms with Crippen molar-refractivity contribution in [1.29, 1.82) is 0 Å². The van der Waals surface area contributed by atoms with Gasteiger partial charge in [-0.25, -0.2) is 14.5 Å². The minimum absolute atomic E-state index is 0.378. The lowest BCUT2D eigenvalue weighted by atomic mass is 10.1. The van der Waals surface area contributed by atoms with Crippen molar-refractivity contribution in [3.05, 3.63) is 35.5 Å². The molecular weight excluding hydrogens is 358 g/mol. The molecule has 0 bridgehead atoms. The molecule has 1 fully saturated rings. The van der Waals surface area contributed by atoms with E-state index >= 15 is 0 Å². The number of rotatable bonds is 3. The summed E-state index contributed by atoms with van der Waals surface area (Å²) in [4.78, 5) is 9.22. The predicted octanol–water partition coefficient (Wildman–Crippen LogP) is 3.06. The Morgan fingerprint density at radius 2 is 2.22 bits per heavy atom. The summed E-state index contributed by atoms with van der Waals surface area (Å²) in [6.07, 6.45) is 4.24. The van der Waals surface area contributed by atoms with Gasteiger partial charge in [0.2, 0.25) is 0 Å². The Kier molecular flexibility index (Phi) is 3.95. The Morgan fingerprint density at radius 1 is 1.30 bits per heavy atom. The van der Waals surface area contributed by atoms with Gasteiger partial charge in [-0.3, -0.25) is 0 Å². The molecule has 8 heteroatoms. The first-order valence-corrected chi connectivity index (χ1v) is 9.98. The molecule has 4 aromatic rings. The van der Waals surface area contributed by atoms with Gasteiger partial charge in [0.05, 0.1) is 32.8 Å². The van der Waals surface area contributed by atoms with Crippen molar-refractivity contribution >= 4 is 38.7 Å². The van der Waals surface area contributed by atoms with Crippen LogP contribution >= 0.6 is 11.3 Å². The second kappa shape index (κ2) is 6.47. The molecule has 7 nitrogen and oxygen atoms in total. The Hall–Kier alpha value is -2.71. The Balaban J connectivity index is 1.50. The lowest BCUT2D eigenvalue weighted by Gasteiger charge is -2.24. The maximum atomic E-state index is 6.26. The maximum Gasteiger partial charge on any atom is 0.177 e. The number of imidazole rings is 1. The monoisotopic (exact) mass is 379 g/mol. The number of nitrogens with one attached hydrogen (secondary N) is 2. The van der Waals surface area contributed by atoms with E-state index in [0.29, 0.717) is 17.4 Å². The van der Waals surface area contributed by atoms with Gasteiger partial charge in [-0.2, -0.15) is 0 Å². The minimum Gasteiger partial charge on any atom is -0.396 e. The van der Waals surface area contributed by atoms with Gasteiger partial charge in [0.25, 0.3) is 0 Å². The summed E-state index contributed by atoms with van der Waals surface area (Å²) in [5, 5.41) is 12.6. The van der Waals surface area contributed by atoms with Crippen LogP contribution in [0.1, 0.15) is 17.8 Å². The van der Waals surface area contributed by atoms with E-state index in [1.807, 2.05) is 31.3 Å². The van der Waals surface area contributed by atoms with Crippen molar-refractivity contribution in [2.24, 2.45) is 0 Å². The fraction of sp³-hybridized carbons (Fsp3) is 0.316. The molecule has 1 atom stereocenters. The molecule has 1 saturated heterocycles. The van der Waals surface area contributed by atoms with Crippen molar-refractivity contribution in [3.63, 3.8) is 0 Å². The lowest BCUT2D eigenvalue weighted by molar-refractivity contribution is 0.478. The first kappa shape index (κ1) is 16.5. The van der Waals surface area contributed by atoms with Crippen LogP contribution in [-0.4, -0.2) is 38.7 Å². The van der Waals surface area contributed by atoms with Gasteiger partial charge in [0, 0.05) is 24.2 Å². The smallest absolute Gasteiger partial charge is 0.177 e. The van der Waals surface area contributed by atoms with Gasteiger partial charge in [-0.15, -0.1) is 16.4 Å². The zero-order valence-corrected chi connectivity index (χ0v) is 15.9. The largest absolute Gasteiger partial charge is 0.396 e. The van der Waals surface area contributed by atoms with E-state index in [2.05, 4.69) is 26.8 Å². The summed E-state index contributed by atoms with van der Waals surface area (Å²) in [6.45, 7) is 4.06. The predicted molar refractivity (Wildman–Crippen MR) is 110 cm³/mol. The summed E-state index contributed by atoms with van der Waals surface area (Å²) in [7, 11) is 0. The number of benzene rings is 1. The fourth-order valence-corrected chi connectivity index (χ4v) is 4.46. The molecule has 138 valence electrons. The molecule has 27 heavy (non-hydrogen) atoms. The number of aryl methyl sites for hydroxylation is 1. The number of nitrogen functional groups attached to an aromatic ring is 1. The van der Waals surface area contributed by atoms with Crippen LogP contribution < -0.4 is 16.4 Å². The van der Waals surface area contributed by atoms with Crippen molar-refractivity contribution < 1.29 is 0 Å². The average Bonchev–Trinajstić information content (AvgIpc) is 3.24. The van der Waals surface area contributed by atoms with E-state index in [9.17, 15) is 0 Å². The van der Waals surface area contributed by atoms with Gasteiger partial charge >= 0.3 is 0 Å². The highest BCUT2D eigenvalue weighted by atomic mass is 32.1. The number of piperidine rings is 1. The summed E-state index contributed by atoms with van der Waals surface area (Å²) < 4.78 is 2.93. The molecule has 1 aliphatic heterocycles. The highest BCUT2D eigenvalue weighted by molar-refractivity contribution is 7.18. The van der Waals surface area contributed by atoms with Crippen LogP contribution in [0.5, 0.6) is 0 Å². The molecule has 0 aliphatic carbocycles. The Labute approximate surface area is 160 Å². The SMILES string of the molecule is Cc1nc2ccc(-c3cn4nc(N[C@H]5CCCNC5)cc(N)c4n3)cc2s1. The first-order valence-electron chi connectivity index (χ1n) is 9.16. The molecule has 0 spiro atoms. The molecular formula is C19H21N7S. The van der Waals surface area contributed by atoms with E-state index in [0.717, 1.165) is 51.8 Å². The Bertz CT molecular complexity index is 1120. The van der Waals surface area contributed by atoms with Crippen molar-refractivity contribution in [1.82, 2.24) is 24.9 Å². The van der Waals surface area contributed by atoms with E-state index in [4.69, 9.17) is 10.7 Å². The lowest BCUT2D eigenvalue weighted by Crippen LogP contribution is -2.38. The first-order chi connectivity index (χ1) is 13.2. The van der Waals surface area contributed by atoms with E-state index in [1.54, 1.807) is 15.9 Å². The molecule has 0 amide bonds. The fourth-order valence-electron chi connectivity index (χ4n) is 3.59. The van der Waals surface area contributed by atoms with Crippen LogP contribution in [0.4, 0.5) is 11.5 Å². The highest BCUT2D eigenvalue weighted by Crippen LogP contribution is 2.29. The van der Waals surface area contributed by atoms with Crippen LogP contribution in [0.3, 0.4) is 0 Å². The molecule has 3 aromatic heterocycles. The highest BCUT2D eigenvalue weighted by Gasteiger charge is 2.15. The van der Waals surface area contributed by atoms with E-state index in [1.165, 1.54) is 6.42 Å². The van der Waals surface area contributed by atoms with Gasteiger partial charge in [0.15, 0.2) is 5.65 Å². The molecule has 0 saturated carbocycles. The zero-order chi connectivity index (χ0) is 18.4. The number of anilines is 2. The minimum atomic E-state index is 0.378. The summed E-state index contributed by atoms with van der Waals surface area (Å²) in [5.74, 6) is 0.784. The van der Waals surface area contributed by atoms with Crippen molar-refractivity contribution in [2.75, 3.05) is 24.1 Å². The number of hydrogen-bond donors (Lipinski definition) is 3. The van der Waals surface area contributed by atoms with Gasteiger partial charge in [-0.1, -0.05) is 6.07 Å². The molecule has 4 N–H and O–H groups in total. The van der Waals surface area contributed by atoms with Crippen molar-refractivity contribution in [2.45, 2.75) is 25.8 Å². The molecule has 4 heterocycles. The van der Waals surface area contributed by atoms with Crippen LogP contribution in [0.25, 0.3) is 27.1 Å². The maximum absolute atomic E-state index is 6.26. The summed E-state index contributed by atoms with van der Waals surface area (Å²) >= 11 is 1.69. The van der Waals surface area contributed by atoms with E-state index in [-0.39, 0.29) is 0 Å². The topological polar surface area (TPSA) is 93.2 Å². The van der Waals surface area contributed by atoms with Crippen LogP contribution in [0, 0.1) is 6.92 Å². The van der Waals surface area contributed by atoms with Gasteiger partial charge < -0.3 is 16.4 Å². The molecule has 1 aliphatic rings. The summed E-state index contributed by atoms with van der Waals surface area (Å²) in [5.41, 5.74) is 10.5. The third kappa shape index (κ3) is 3.11. The number of aromatic nitrogens is 4. The van der Waals surface area contributed by atoms with Crippen LogP contribution in [0.2, 0.25) is 0 Å². The van der Waals surface area contributed by atoms with Crippen LogP contribution in [0.15, 0.2) is 30.5 Å². The quantitative estimate of drug-likeness (QED) is 0.507. The number of fused-ring (bicyclic) bond motifs is 2. The molecule has 5 rings (SSSR count). The van der Waals surface area contributed by atoms with E-state index < -0.39 is 0 Å². The molecule has 0 unspecified atom stereocenters. The zero-order valence-electron chi connectivity index (χ0n) is 15.1. The second-order valence-corrected chi connectivity index (χ2v) is 8.22. The van der Waals surface area contributed by atoms with Gasteiger partial charge in [-0.05, 0) is 38.4 Å². The standard InChI is InChI=1S/C19H21N7S/c1-11-22-15-5-4-12(7-17(15)27-11)16-10-26-19(24-16)14(20)8-18(25-26)23-13-3-2-6-21-9-13/h4-5,7-8,10,13,21H,2-3,6,9,20H2,1H3,(H,23,25)/t13-/m0/s1. The number of hydrogen-bond acceptors (Lipinski definition) is 7. The van der Waals surface area contributed by atoms with Gasteiger partial charge in [0.1, 0.15) is 5.82 Å². The third-order valence-electron chi connectivity index (χ3n) is 4.89. The molecule has 0 radical (unpaired) electrons. The third-order valence-corrected chi connectivity index (χ3v) is 5.83. The summed E-state index contributed by atoms with van der Waals surface area (Å²) in [6, 6.07) is 8.47. The van der Waals surface area contributed by atoms with Crippen LogP contribution in [-0.2, 0) is 0 Å². The second-order valence-electron chi connectivity index (χ2n) is 6.98. The Morgan fingerprint density at radius 3 is 3.07 bits per heavy atom. The number of thiazole rings is 1. The number of nitrogens with two attached hydrogens (primary N) is 1. The number of nitrogens with zero attached hydrogens (tertiary/aromatic N) is 4. The normalized spacial score (nSPS) is 17.6. The average molecular weight is 379 g/mol. The molecule has 1 aromatic carbocycles. The van der Waals surface area contributed by atoms with Crippen molar-refractivity contribution in [3.8, 4) is 11.3 Å².